The summed E-state index contributed by atoms with van der Waals surface area (Å²) in [7, 11) is 4.02. The van der Waals surface area contributed by atoms with Gasteiger partial charge in [-0.2, -0.15) is 0 Å². The summed E-state index contributed by atoms with van der Waals surface area (Å²) in [6, 6.07) is 0. The van der Waals surface area contributed by atoms with Crippen molar-refractivity contribution in [2.75, 3.05) is 53.6 Å². The van der Waals surface area contributed by atoms with Crippen LogP contribution in [0, 0.1) is 5.41 Å². The molecule has 0 unspecified atom stereocenters. The number of carbonyl (C=O) groups is 1. The number of hydrogen-bond acceptors (Lipinski definition) is 4. The summed E-state index contributed by atoms with van der Waals surface area (Å²) in [6.07, 6.45) is 4.25. The molecule has 0 aliphatic carbocycles. The van der Waals surface area contributed by atoms with Crippen LogP contribution in [0.2, 0.25) is 0 Å². The second kappa shape index (κ2) is 11.5. The van der Waals surface area contributed by atoms with Crippen molar-refractivity contribution in [3.05, 3.63) is 25.3 Å². The molecule has 0 rings (SSSR count). The number of carbonyl (C=O) groups excluding carboxylic acids is 1. The van der Waals surface area contributed by atoms with Gasteiger partial charge in [0.15, 0.2) is 0 Å². The molecule has 0 saturated heterocycles. The smallest absolute Gasteiger partial charge is 0.230 e. The van der Waals surface area contributed by atoms with E-state index in [1.165, 1.54) is 0 Å². The van der Waals surface area contributed by atoms with Gasteiger partial charge in [-0.1, -0.05) is 12.2 Å². The molecule has 0 aliphatic rings. The average molecular weight is 298 g/mol. The van der Waals surface area contributed by atoms with Gasteiger partial charge >= 0.3 is 0 Å². The van der Waals surface area contributed by atoms with Crippen LogP contribution >= 0.6 is 0 Å². The minimum absolute atomic E-state index is 0.0469. The van der Waals surface area contributed by atoms with Gasteiger partial charge in [-0.3, -0.25) is 4.79 Å². The predicted molar refractivity (Wildman–Crippen MR) is 86.3 cm³/mol. The van der Waals surface area contributed by atoms with E-state index in [0.717, 1.165) is 13.0 Å². The third-order valence-corrected chi connectivity index (χ3v) is 2.93. The lowest BCUT2D eigenvalue weighted by molar-refractivity contribution is -0.137. The monoisotopic (exact) mass is 298 g/mol. The van der Waals surface area contributed by atoms with Crippen molar-refractivity contribution in [2.45, 2.75) is 13.3 Å². The van der Waals surface area contributed by atoms with Gasteiger partial charge in [-0.25, -0.2) is 0 Å². The van der Waals surface area contributed by atoms with Crippen LogP contribution in [0.5, 0.6) is 0 Å². The van der Waals surface area contributed by atoms with Crippen LogP contribution in [0.3, 0.4) is 0 Å². The zero-order valence-corrected chi connectivity index (χ0v) is 13.7. The molecule has 1 N–H and O–H groups in total. The maximum atomic E-state index is 12.4. The highest BCUT2D eigenvalue weighted by Crippen LogP contribution is 2.18. The molecule has 122 valence electrons. The van der Waals surface area contributed by atoms with Crippen molar-refractivity contribution >= 4 is 5.91 Å². The Morgan fingerprint density at radius 1 is 1.19 bits per heavy atom. The molecule has 21 heavy (non-hydrogen) atoms. The second-order valence-corrected chi connectivity index (χ2v) is 5.58. The van der Waals surface area contributed by atoms with Gasteiger partial charge < -0.3 is 19.7 Å². The van der Waals surface area contributed by atoms with Crippen LogP contribution in [-0.4, -0.2) is 64.4 Å². The Morgan fingerprint density at radius 3 is 2.14 bits per heavy atom. The van der Waals surface area contributed by atoms with Crippen LogP contribution < -0.4 is 5.32 Å². The van der Waals surface area contributed by atoms with E-state index in [1.807, 2.05) is 21.0 Å². The van der Waals surface area contributed by atoms with Gasteiger partial charge in [-0.15, -0.1) is 13.2 Å². The van der Waals surface area contributed by atoms with Gasteiger partial charge in [0, 0.05) is 6.54 Å². The Kier molecular flexibility index (Phi) is 10.8. The number of amides is 1. The lowest BCUT2D eigenvalue weighted by atomic mass is 9.91. The first kappa shape index (κ1) is 19.8. The summed E-state index contributed by atoms with van der Waals surface area (Å²) in [5, 5.41) is 2.96. The molecule has 1 amide bonds. The first-order valence-electron chi connectivity index (χ1n) is 7.26. The average Bonchev–Trinajstić information content (AvgIpc) is 2.43. The highest BCUT2D eigenvalue weighted by molar-refractivity contribution is 5.82. The Hall–Kier alpha value is -1.17. The van der Waals surface area contributed by atoms with Gasteiger partial charge in [-0.05, 0) is 34.0 Å². The number of rotatable bonds is 13. The predicted octanol–water partition coefficient (Wildman–Crippen LogP) is 1.47. The summed E-state index contributed by atoms with van der Waals surface area (Å²) in [4.78, 5) is 14.5. The zero-order valence-electron chi connectivity index (χ0n) is 13.7. The second-order valence-electron chi connectivity index (χ2n) is 5.58. The molecule has 0 atom stereocenters. The highest BCUT2D eigenvalue weighted by Gasteiger charge is 2.33. The lowest BCUT2D eigenvalue weighted by Gasteiger charge is -2.27. The van der Waals surface area contributed by atoms with E-state index >= 15 is 0 Å². The van der Waals surface area contributed by atoms with E-state index in [1.54, 1.807) is 12.2 Å². The number of hydrogen-bond donors (Lipinski definition) is 1. The first-order valence-corrected chi connectivity index (χ1v) is 7.26. The zero-order chi connectivity index (χ0) is 16.1. The molecule has 0 spiro atoms. The minimum Gasteiger partial charge on any atom is -0.376 e. The van der Waals surface area contributed by atoms with Crippen LogP contribution in [0.15, 0.2) is 25.3 Å². The van der Waals surface area contributed by atoms with Crippen LogP contribution in [0.4, 0.5) is 0 Å². The Balaban J connectivity index is 4.35. The van der Waals surface area contributed by atoms with E-state index in [-0.39, 0.29) is 5.91 Å². The van der Waals surface area contributed by atoms with E-state index in [2.05, 4.69) is 23.4 Å². The van der Waals surface area contributed by atoms with Gasteiger partial charge in [0.25, 0.3) is 0 Å². The molecule has 0 aromatic heterocycles. The quantitative estimate of drug-likeness (QED) is 0.413. The number of nitrogens with zero attached hydrogens (tertiary/aromatic N) is 1. The molecular formula is C16H30N2O3. The SMILES string of the molecule is C=CCOCC(C)(COCC=C)C(=O)NCCCN(C)C. The minimum atomic E-state index is -0.704. The molecule has 0 bridgehead atoms. The maximum absolute atomic E-state index is 12.4. The molecule has 0 aromatic rings. The third kappa shape index (κ3) is 9.39. The summed E-state index contributed by atoms with van der Waals surface area (Å²) in [6.45, 7) is 12.1. The fraction of sp³-hybridized carbons (Fsp3) is 0.688. The summed E-state index contributed by atoms with van der Waals surface area (Å²) in [5.41, 5.74) is -0.704. The maximum Gasteiger partial charge on any atom is 0.230 e. The standard InChI is InChI=1S/C16H30N2O3/c1-6-11-20-13-16(3,14-21-12-7-2)15(19)17-9-8-10-18(4)5/h6-7H,1-2,8-14H2,3-5H3,(H,17,19). The number of ether oxygens (including phenoxy) is 2. The molecule has 0 saturated carbocycles. The van der Waals surface area contributed by atoms with Crippen LogP contribution in [-0.2, 0) is 14.3 Å². The molecule has 0 fully saturated rings. The van der Waals surface area contributed by atoms with Crippen molar-refractivity contribution in [2.24, 2.45) is 5.41 Å². The van der Waals surface area contributed by atoms with Crippen LogP contribution in [0.25, 0.3) is 0 Å². The highest BCUT2D eigenvalue weighted by atomic mass is 16.5. The fourth-order valence-electron chi connectivity index (χ4n) is 1.72. The molecule has 0 heterocycles. The van der Waals surface area contributed by atoms with E-state index in [0.29, 0.717) is 33.0 Å². The molecule has 0 aromatic carbocycles. The largest absolute Gasteiger partial charge is 0.376 e. The number of nitrogens with one attached hydrogen (secondary N) is 1. The first-order chi connectivity index (χ1) is 9.96. The fourth-order valence-corrected chi connectivity index (χ4v) is 1.72. The molecule has 0 aliphatic heterocycles. The van der Waals surface area contributed by atoms with Crippen molar-refractivity contribution in [1.29, 1.82) is 0 Å². The molecule has 5 heteroatoms. The van der Waals surface area contributed by atoms with Crippen molar-refractivity contribution < 1.29 is 14.3 Å². The Morgan fingerprint density at radius 2 is 1.71 bits per heavy atom. The van der Waals surface area contributed by atoms with Gasteiger partial charge in [0.1, 0.15) is 0 Å². The summed E-state index contributed by atoms with van der Waals surface area (Å²) >= 11 is 0. The van der Waals surface area contributed by atoms with E-state index in [9.17, 15) is 4.79 Å². The molecule has 0 radical (unpaired) electrons. The Bertz CT molecular complexity index is 303. The third-order valence-electron chi connectivity index (χ3n) is 2.93. The van der Waals surface area contributed by atoms with E-state index < -0.39 is 5.41 Å². The molecular weight excluding hydrogens is 268 g/mol. The Labute approximate surface area is 129 Å². The normalized spacial score (nSPS) is 11.4. The topological polar surface area (TPSA) is 50.8 Å². The van der Waals surface area contributed by atoms with Crippen molar-refractivity contribution in [3.63, 3.8) is 0 Å². The van der Waals surface area contributed by atoms with Crippen molar-refractivity contribution in [1.82, 2.24) is 10.2 Å². The summed E-state index contributed by atoms with van der Waals surface area (Å²) < 4.78 is 10.9. The van der Waals surface area contributed by atoms with Gasteiger partial charge in [0.2, 0.25) is 5.91 Å². The lowest BCUT2D eigenvalue weighted by Crippen LogP contribution is -2.46. The van der Waals surface area contributed by atoms with E-state index in [4.69, 9.17) is 9.47 Å². The summed E-state index contributed by atoms with van der Waals surface area (Å²) in [5.74, 6) is -0.0469. The van der Waals surface area contributed by atoms with Crippen LogP contribution in [0.1, 0.15) is 13.3 Å². The van der Waals surface area contributed by atoms with Crippen molar-refractivity contribution in [3.8, 4) is 0 Å². The molecule has 5 nitrogen and oxygen atoms in total. The van der Waals surface area contributed by atoms with Gasteiger partial charge in [0.05, 0.1) is 31.8 Å².